The number of carbonyl (C=O) groups excluding carboxylic acids is 1. The second-order valence-electron chi connectivity index (χ2n) is 8.07. The number of pyridine rings is 1. The maximum absolute atomic E-state index is 13.1. The molecule has 8 heteroatoms. The van der Waals surface area contributed by atoms with E-state index in [1.165, 1.54) is 12.1 Å². The normalized spacial score (nSPS) is 21.1. The van der Waals surface area contributed by atoms with Crippen molar-refractivity contribution in [2.75, 3.05) is 31.1 Å². The van der Waals surface area contributed by atoms with Crippen LogP contribution >= 0.6 is 0 Å². The van der Waals surface area contributed by atoms with Gasteiger partial charge in [-0.3, -0.25) is 4.79 Å². The molecule has 1 aromatic carbocycles. The minimum absolute atomic E-state index is 0.0707. The quantitative estimate of drug-likeness (QED) is 0.708. The van der Waals surface area contributed by atoms with Gasteiger partial charge in [0.1, 0.15) is 17.7 Å². The Bertz CT molecular complexity index is 947. The summed E-state index contributed by atoms with van der Waals surface area (Å²) < 4.78 is 13.1. The number of amides is 1. The Hall–Kier alpha value is -3.02. The van der Waals surface area contributed by atoms with Crippen molar-refractivity contribution in [1.82, 2.24) is 15.2 Å². The minimum atomic E-state index is -0.338. The average Bonchev–Trinajstić information content (AvgIpc) is 3.05. The molecule has 0 radical (unpaired) electrons. The van der Waals surface area contributed by atoms with E-state index in [0.717, 1.165) is 24.2 Å². The van der Waals surface area contributed by atoms with Gasteiger partial charge in [0, 0.05) is 44.3 Å². The van der Waals surface area contributed by atoms with Crippen LogP contribution in [0.4, 0.5) is 10.2 Å². The lowest BCUT2D eigenvalue weighted by Crippen LogP contribution is -2.56. The summed E-state index contributed by atoms with van der Waals surface area (Å²) in [5.74, 6) is 0.467. The van der Waals surface area contributed by atoms with Crippen molar-refractivity contribution >= 4 is 11.7 Å². The molecular formula is C23H26FN5O2. The third kappa shape index (κ3) is 4.53. The van der Waals surface area contributed by atoms with Gasteiger partial charge in [0.15, 0.2) is 0 Å². The maximum Gasteiger partial charge on any atom is 0.223 e. The van der Waals surface area contributed by atoms with Crippen molar-refractivity contribution in [3.05, 3.63) is 59.5 Å². The van der Waals surface area contributed by atoms with E-state index in [0.29, 0.717) is 31.6 Å². The molecule has 2 saturated heterocycles. The molecular weight excluding hydrogens is 397 g/mol. The predicted molar refractivity (Wildman–Crippen MR) is 114 cm³/mol. The standard InChI is InChI=1S/C23H26FN5O2/c24-18-5-3-16(4-6-18)21(15-30)26-11-9-22(31)28-13-19-7-8-20(14-28)29(19)23-17(12-25)2-1-10-27-23/h1-6,10,19-21,26,30H,7-9,11,13-15H2/t19?,20?,21-/m1/s1. The number of aliphatic hydroxyl groups is 1. The lowest BCUT2D eigenvalue weighted by atomic mass is 10.1. The number of anilines is 1. The molecule has 7 nitrogen and oxygen atoms in total. The van der Waals surface area contributed by atoms with E-state index < -0.39 is 0 Å². The van der Waals surface area contributed by atoms with Crippen molar-refractivity contribution in [1.29, 1.82) is 5.26 Å². The van der Waals surface area contributed by atoms with Gasteiger partial charge in [0.05, 0.1) is 18.2 Å². The first-order valence-corrected chi connectivity index (χ1v) is 10.6. The summed E-state index contributed by atoms with van der Waals surface area (Å²) in [4.78, 5) is 21.4. The van der Waals surface area contributed by atoms with Crippen LogP contribution in [0.2, 0.25) is 0 Å². The van der Waals surface area contributed by atoms with E-state index in [1.54, 1.807) is 30.5 Å². The Morgan fingerprint density at radius 1 is 1.26 bits per heavy atom. The van der Waals surface area contributed by atoms with E-state index in [-0.39, 0.29) is 36.5 Å². The second kappa shape index (κ2) is 9.41. The zero-order valence-electron chi connectivity index (χ0n) is 17.2. The molecule has 0 aliphatic carbocycles. The molecule has 162 valence electrons. The first-order chi connectivity index (χ1) is 15.1. The van der Waals surface area contributed by atoms with E-state index >= 15 is 0 Å². The molecule has 1 aromatic heterocycles. The van der Waals surface area contributed by atoms with Crippen LogP contribution in [-0.4, -0.2) is 59.2 Å². The Kier molecular flexibility index (Phi) is 6.44. The van der Waals surface area contributed by atoms with E-state index in [9.17, 15) is 19.6 Å². The van der Waals surface area contributed by atoms with Crippen LogP contribution in [0.25, 0.3) is 0 Å². The second-order valence-corrected chi connectivity index (χ2v) is 8.07. The molecule has 3 heterocycles. The number of nitrogens with zero attached hydrogens (tertiary/aromatic N) is 4. The topological polar surface area (TPSA) is 92.5 Å². The number of aromatic nitrogens is 1. The molecule has 2 bridgehead atoms. The zero-order valence-corrected chi connectivity index (χ0v) is 17.2. The van der Waals surface area contributed by atoms with Gasteiger partial charge in [0.25, 0.3) is 0 Å². The molecule has 2 unspecified atom stereocenters. The molecule has 2 aromatic rings. The van der Waals surface area contributed by atoms with Gasteiger partial charge in [-0.05, 0) is 42.7 Å². The van der Waals surface area contributed by atoms with Crippen molar-refractivity contribution in [2.45, 2.75) is 37.4 Å². The first kappa shape index (κ1) is 21.2. The van der Waals surface area contributed by atoms with Crippen LogP contribution in [0.1, 0.15) is 36.4 Å². The number of rotatable bonds is 7. The zero-order chi connectivity index (χ0) is 21.8. The average molecular weight is 423 g/mol. The van der Waals surface area contributed by atoms with Crippen molar-refractivity contribution < 1.29 is 14.3 Å². The van der Waals surface area contributed by atoms with Crippen LogP contribution in [-0.2, 0) is 4.79 Å². The molecule has 0 saturated carbocycles. The number of fused-ring (bicyclic) bond motifs is 2. The molecule has 2 aliphatic rings. The lowest BCUT2D eigenvalue weighted by Gasteiger charge is -2.42. The minimum Gasteiger partial charge on any atom is -0.394 e. The highest BCUT2D eigenvalue weighted by Crippen LogP contribution is 2.35. The summed E-state index contributed by atoms with van der Waals surface area (Å²) >= 11 is 0. The van der Waals surface area contributed by atoms with Crippen molar-refractivity contribution in [2.24, 2.45) is 0 Å². The Morgan fingerprint density at radius 3 is 2.61 bits per heavy atom. The van der Waals surface area contributed by atoms with Gasteiger partial charge < -0.3 is 20.2 Å². The summed E-state index contributed by atoms with van der Waals surface area (Å²) in [6, 6.07) is 11.8. The summed E-state index contributed by atoms with van der Waals surface area (Å²) in [6.07, 6.45) is 3.98. The number of aliphatic hydroxyl groups excluding tert-OH is 1. The maximum atomic E-state index is 13.1. The highest BCUT2D eigenvalue weighted by atomic mass is 19.1. The largest absolute Gasteiger partial charge is 0.394 e. The third-order valence-corrected chi connectivity index (χ3v) is 6.17. The lowest BCUT2D eigenvalue weighted by molar-refractivity contribution is -0.132. The molecule has 1 amide bonds. The van der Waals surface area contributed by atoms with Gasteiger partial charge in [-0.15, -0.1) is 0 Å². The summed E-state index contributed by atoms with van der Waals surface area (Å²) in [5.41, 5.74) is 1.35. The highest BCUT2D eigenvalue weighted by molar-refractivity contribution is 5.77. The number of benzene rings is 1. The number of carbonyl (C=O) groups is 1. The number of nitrogens with one attached hydrogen (secondary N) is 1. The monoisotopic (exact) mass is 423 g/mol. The van der Waals surface area contributed by atoms with Crippen LogP contribution in [0.15, 0.2) is 42.6 Å². The van der Waals surface area contributed by atoms with Gasteiger partial charge in [-0.2, -0.15) is 5.26 Å². The van der Waals surface area contributed by atoms with Crippen molar-refractivity contribution in [3.63, 3.8) is 0 Å². The summed E-state index contributed by atoms with van der Waals surface area (Å²) in [7, 11) is 0. The molecule has 4 rings (SSSR count). The fourth-order valence-corrected chi connectivity index (χ4v) is 4.64. The smallest absolute Gasteiger partial charge is 0.223 e. The van der Waals surface area contributed by atoms with Crippen LogP contribution < -0.4 is 10.2 Å². The number of likely N-dealkylation sites (tertiary alicyclic amines) is 1. The van der Waals surface area contributed by atoms with Gasteiger partial charge in [-0.25, -0.2) is 9.37 Å². The fraction of sp³-hybridized carbons (Fsp3) is 0.435. The predicted octanol–water partition coefficient (Wildman–Crippen LogP) is 1.99. The first-order valence-electron chi connectivity index (χ1n) is 10.6. The molecule has 2 fully saturated rings. The fourth-order valence-electron chi connectivity index (χ4n) is 4.64. The van der Waals surface area contributed by atoms with Crippen LogP contribution in [0.5, 0.6) is 0 Å². The van der Waals surface area contributed by atoms with Crippen LogP contribution in [0.3, 0.4) is 0 Å². The number of piperazine rings is 1. The van der Waals surface area contributed by atoms with E-state index in [2.05, 4.69) is 21.3 Å². The van der Waals surface area contributed by atoms with Gasteiger partial charge in [0.2, 0.25) is 5.91 Å². The van der Waals surface area contributed by atoms with E-state index in [1.807, 2.05) is 4.90 Å². The number of hydrogen-bond donors (Lipinski definition) is 2. The SMILES string of the molecule is N#Cc1cccnc1N1C2CCC1CN(C(=O)CCN[C@H](CO)c1ccc(F)cc1)C2. The molecule has 3 atom stereocenters. The summed E-state index contributed by atoms with van der Waals surface area (Å²) in [5, 5.41) is 22.2. The number of hydrogen-bond acceptors (Lipinski definition) is 6. The Labute approximate surface area is 181 Å². The molecule has 2 N–H and O–H groups in total. The highest BCUT2D eigenvalue weighted by Gasteiger charge is 2.42. The van der Waals surface area contributed by atoms with Gasteiger partial charge in [-0.1, -0.05) is 12.1 Å². The van der Waals surface area contributed by atoms with Crippen molar-refractivity contribution in [3.8, 4) is 6.07 Å². The van der Waals surface area contributed by atoms with Crippen LogP contribution in [0, 0.1) is 17.1 Å². The summed E-state index contributed by atoms with van der Waals surface area (Å²) in [6.45, 7) is 1.54. The molecule has 2 aliphatic heterocycles. The van der Waals surface area contributed by atoms with Gasteiger partial charge >= 0.3 is 0 Å². The third-order valence-electron chi connectivity index (χ3n) is 6.17. The number of halogens is 1. The Morgan fingerprint density at radius 2 is 1.97 bits per heavy atom. The number of nitriles is 1. The van der Waals surface area contributed by atoms with E-state index in [4.69, 9.17) is 0 Å². The molecule has 31 heavy (non-hydrogen) atoms. The molecule has 0 spiro atoms. The Balaban J connectivity index is 1.33.